The van der Waals surface area contributed by atoms with Crippen LogP contribution >= 0.6 is 0 Å². The van der Waals surface area contributed by atoms with Gasteiger partial charge in [-0.15, -0.1) is 0 Å². The summed E-state index contributed by atoms with van der Waals surface area (Å²) in [6.07, 6.45) is 4.02. The maximum Gasteiger partial charge on any atom is 0.323 e. The monoisotopic (exact) mass is 213 g/mol. The molecule has 1 fully saturated rings. The molecule has 0 radical (unpaired) electrons. The molecule has 1 saturated carbocycles. The molecule has 0 aliphatic heterocycles. The smallest absolute Gasteiger partial charge is 0.323 e. The predicted octanol–water partition coefficient (Wildman–Crippen LogP) is 2.36. The van der Waals surface area contributed by atoms with E-state index in [4.69, 9.17) is 0 Å². The average Bonchev–Trinajstić information content (AvgIpc) is 2.95. The van der Waals surface area contributed by atoms with E-state index in [1.165, 1.54) is 0 Å². The molecular formula is C12H23NO2. The van der Waals surface area contributed by atoms with Crippen LogP contribution in [0.2, 0.25) is 0 Å². The fourth-order valence-corrected chi connectivity index (χ4v) is 1.87. The van der Waals surface area contributed by atoms with Crippen LogP contribution in [0.25, 0.3) is 0 Å². The van der Waals surface area contributed by atoms with Crippen LogP contribution in [0.1, 0.15) is 46.5 Å². The van der Waals surface area contributed by atoms with Crippen LogP contribution in [0, 0.1) is 5.92 Å². The third-order valence-corrected chi connectivity index (χ3v) is 3.54. The molecule has 0 aromatic heterocycles. The van der Waals surface area contributed by atoms with Crippen molar-refractivity contribution in [2.75, 3.05) is 7.05 Å². The molecule has 0 aromatic carbocycles. The molecule has 88 valence electrons. The van der Waals surface area contributed by atoms with Crippen molar-refractivity contribution < 1.29 is 9.90 Å². The Kier molecular flexibility index (Phi) is 3.77. The Morgan fingerprint density at radius 2 is 2.07 bits per heavy atom. The van der Waals surface area contributed by atoms with E-state index in [9.17, 15) is 9.90 Å². The van der Waals surface area contributed by atoms with E-state index in [0.717, 1.165) is 25.7 Å². The van der Waals surface area contributed by atoms with E-state index < -0.39 is 11.5 Å². The van der Waals surface area contributed by atoms with E-state index in [-0.39, 0.29) is 0 Å². The Balaban J connectivity index is 2.63. The minimum atomic E-state index is -0.683. The van der Waals surface area contributed by atoms with Gasteiger partial charge in [-0.2, -0.15) is 0 Å². The lowest BCUT2D eigenvalue weighted by atomic mass is 9.90. The Bertz CT molecular complexity index is 236. The number of carboxylic acids is 1. The zero-order valence-corrected chi connectivity index (χ0v) is 10.3. The second-order valence-corrected chi connectivity index (χ2v) is 5.35. The quantitative estimate of drug-likeness (QED) is 0.736. The summed E-state index contributed by atoms with van der Waals surface area (Å²) in [5, 5.41) is 9.35. The van der Waals surface area contributed by atoms with Crippen LogP contribution in [0.15, 0.2) is 0 Å². The number of aliphatic carboxylic acids is 1. The molecule has 1 unspecified atom stereocenters. The molecular weight excluding hydrogens is 190 g/mol. The van der Waals surface area contributed by atoms with Gasteiger partial charge in [-0.05, 0) is 45.6 Å². The number of hydrogen-bond donors (Lipinski definition) is 1. The third-order valence-electron chi connectivity index (χ3n) is 3.54. The largest absolute Gasteiger partial charge is 0.480 e. The van der Waals surface area contributed by atoms with Gasteiger partial charge in [-0.3, -0.25) is 9.69 Å². The summed E-state index contributed by atoms with van der Waals surface area (Å²) in [5.74, 6) is -0.117. The lowest BCUT2D eigenvalue weighted by Gasteiger charge is -2.35. The van der Waals surface area contributed by atoms with Gasteiger partial charge in [-0.1, -0.05) is 13.8 Å². The highest BCUT2D eigenvalue weighted by Gasteiger charge is 2.43. The molecule has 3 nitrogen and oxygen atoms in total. The highest BCUT2D eigenvalue weighted by Crippen LogP contribution is 2.34. The van der Waals surface area contributed by atoms with Gasteiger partial charge in [-0.25, -0.2) is 0 Å². The molecule has 0 saturated heterocycles. The van der Waals surface area contributed by atoms with Crippen molar-refractivity contribution in [3.05, 3.63) is 0 Å². The third kappa shape index (κ3) is 2.94. The standard InChI is InChI=1S/C12H23NO2/c1-9(2)7-8-12(3,11(14)15)13(4)10-5-6-10/h9-10H,5-8H2,1-4H3,(H,14,15). The van der Waals surface area contributed by atoms with E-state index in [2.05, 4.69) is 18.7 Å². The van der Waals surface area contributed by atoms with Gasteiger partial charge < -0.3 is 5.11 Å². The first kappa shape index (κ1) is 12.5. The predicted molar refractivity (Wildman–Crippen MR) is 60.9 cm³/mol. The molecule has 3 heteroatoms. The summed E-state index contributed by atoms with van der Waals surface area (Å²) in [6, 6.07) is 0.498. The number of likely N-dealkylation sites (N-methyl/N-ethyl adjacent to an activating group) is 1. The minimum Gasteiger partial charge on any atom is -0.480 e. The van der Waals surface area contributed by atoms with Crippen LogP contribution in [-0.2, 0) is 4.79 Å². The normalized spacial score (nSPS) is 20.7. The van der Waals surface area contributed by atoms with Gasteiger partial charge in [0, 0.05) is 6.04 Å². The first-order valence-electron chi connectivity index (χ1n) is 5.84. The number of nitrogens with zero attached hydrogens (tertiary/aromatic N) is 1. The highest BCUT2D eigenvalue weighted by atomic mass is 16.4. The molecule has 1 atom stereocenters. The van der Waals surface area contributed by atoms with Crippen molar-refractivity contribution in [2.24, 2.45) is 5.92 Å². The van der Waals surface area contributed by atoms with Crippen molar-refractivity contribution in [3.63, 3.8) is 0 Å². The highest BCUT2D eigenvalue weighted by molar-refractivity contribution is 5.78. The summed E-state index contributed by atoms with van der Waals surface area (Å²) >= 11 is 0. The van der Waals surface area contributed by atoms with Gasteiger partial charge in [0.15, 0.2) is 0 Å². The molecule has 0 amide bonds. The minimum absolute atomic E-state index is 0.498. The SMILES string of the molecule is CC(C)CCC(C)(C(=O)O)N(C)C1CC1. The number of carboxylic acid groups (broad SMARTS) is 1. The fraction of sp³-hybridized carbons (Fsp3) is 0.917. The molecule has 15 heavy (non-hydrogen) atoms. The lowest BCUT2D eigenvalue weighted by Crippen LogP contribution is -2.51. The van der Waals surface area contributed by atoms with Crippen molar-refractivity contribution in [1.82, 2.24) is 4.90 Å². The van der Waals surface area contributed by atoms with Crippen LogP contribution in [0.3, 0.4) is 0 Å². The molecule has 1 rings (SSSR count). The molecule has 1 N–H and O–H groups in total. The molecule has 0 bridgehead atoms. The summed E-state index contributed by atoms with van der Waals surface area (Å²) in [4.78, 5) is 13.4. The summed E-state index contributed by atoms with van der Waals surface area (Å²) in [6.45, 7) is 6.13. The van der Waals surface area contributed by atoms with Crippen molar-refractivity contribution in [2.45, 2.75) is 58.0 Å². The molecule has 1 aliphatic rings. The van der Waals surface area contributed by atoms with E-state index in [1.54, 1.807) is 0 Å². The van der Waals surface area contributed by atoms with E-state index in [1.807, 2.05) is 14.0 Å². The van der Waals surface area contributed by atoms with Gasteiger partial charge in [0.05, 0.1) is 0 Å². The maximum atomic E-state index is 11.4. The van der Waals surface area contributed by atoms with Crippen LogP contribution in [0.5, 0.6) is 0 Å². The van der Waals surface area contributed by atoms with Gasteiger partial charge in [0.1, 0.15) is 5.54 Å². The topological polar surface area (TPSA) is 40.5 Å². The second-order valence-electron chi connectivity index (χ2n) is 5.35. The van der Waals surface area contributed by atoms with Gasteiger partial charge >= 0.3 is 5.97 Å². The van der Waals surface area contributed by atoms with Crippen LogP contribution < -0.4 is 0 Å². The Morgan fingerprint density at radius 1 is 1.53 bits per heavy atom. The number of rotatable bonds is 6. The zero-order chi connectivity index (χ0) is 11.6. The Morgan fingerprint density at radius 3 is 2.40 bits per heavy atom. The van der Waals surface area contributed by atoms with Crippen LogP contribution in [-0.4, -0.2) is 34.6 Å². The van der Waals surface area contributed by atoms with Crippen LogP contribution in [0.4, 0.5) is 0 Å². The lowest BCUT2D eigenvalue weighted by molar-refractivity contribution is -0.150. The number of hydrogen-bond acceptors (Lipinski definition) is 2. The van der Waals surface area contributed by atoms with Crippen molar-refractivity contribution in [3.8, 4) is 0 Å². The summed E-state index contributed by atoms with van der Waals surface area (Å²) in [5.41, 5.74) is -0.675. The molecule has 1 aliphatic carbocycles. The van der Waals surface area contributed by atoms with Crippen molar-refractivity contribution in [1.29, 1.82) is 0 Å². The summed E-state index contributed by atoms with van der Waals surface area (Å²) in [7, 11) is 1.95. The molecule has 0 heterocycles. The Labute approximate surface area is 92.5 Å². The first-order valence-corrected chi connectivity index (χ1v) is 5.84. The summed E-state index contributed by atoms with van der Waals surface area (Å²) < 4.78 is 0. The van der Waals surface area contributed by atoms with Crippen molar-refractivity contribution >= 4 is 5.97 Å². The van der Waals surface area contributed by atoms with Gasteiger partial charge in [0.25, 0.3) is 0 Å². The molecule has 0 aromatic rings. The zero-order valence-electron chi connectivity index (χ0n) is 10.3. The number of carbonyl (C=O) groups is 1. The van der Waals surface area contributed by atoms with Gasteiger partial charge in [0.2, 0.25) is 0 Å². The first-order chi connectivity index (χ1) is 6.88. The fourth-order valence-electron chi connectivity index (χ4n) is 1.87. The molecule has 0 spiro atoms. The van der Waals surface area contributed by atoms with E-state index in [0.29, 0.717) is 12.0 Å². The average molecular weight is 213 g/mol. The Hall–Kier alpha value is -0.570. The van der Waals surface area contributed by atoms with E-state index >= 15 is 0 Å². The maximum absolute atomic E-state index is 11.4. The second kappa shape index (κ2) is 4.52.